The fourth-order valence-electron chi connectivity index (χ4n) is 3.16. The van der Waals surface area contributed by atoms with Crippen LogP contribution in [0.15, 0.2) is 35.6 Å². The molecule has 13 nitrogen and oxygen atoms in total. The van der Waals surface area contributed by atoms with Crippen LogP contribution < -0.4 is 5.32 Å². The van der Waals surface area contributed by atoms with Gasteiger partial charge in [0.1, 0.15) is 6.04 Å². The van der Waals surface area contributed by atoms with Crippen molar-refractivity contribution in [2.45, 2.75) is 50.6 Å². The van der Waals surface area contributed by atoms with E-state index < -0.39 is 30.0 Å². The summed E-state index contributed by atoms with van der Waals surface area (Å²) in [7, 11) is 0. The van der Waals surface area contributed by atoms with Crippen LogP contribution in [0.25, 0.3) is 10.4 Å². The minimum absolute atomic E-state index is 0.00146. The Balaban J connectivity index is 1.83. The van der Waals surface area contributed by atoms with Gasteiger partial charge >= 0.3 is 17.9 Å². The Bertz CT molecular complexity index is 1000. The van der Waals surface area contributed by atoms with Crippen LogP contribution in [0.4, 0.5) is 5.69 Å². The summed E-state index contributed by atoms with van der Waals surface area (Å²) in [6.45, 7) is 0.457. The van der Waals surface area contributed by atoms with Crippen LogP contribution in [0.1, 0.15) is 43.0 Å². The average Bonchev–Trinajstić information content (AvgIpc) is 3.21. The van der Waals surface area contributed by atoms with Gasteiger partial charge in [-0.15, -0.1) is 5.10 Å². The van der Waals surface area contributed by atoms with Crippen LogP contribution in [-0.2, 0) is 27.2 Å². The summed E-state index contributed by atoms with van der Waals surface area (Å²) in [5, 5.41) is 41.6. The molecule has 0 aliphatic rings. The molecule has 4 N–H and O–H groups in total. The van der Waals surface area contributed by atoms with Gasteiger partial charge in [-0.2, -0.15) is 0 Å². The van der Waals surface area contributed by atoms with Crippen molar-refractivity contribution in [3.63, 3.8) is 0 Å². The van der Waals surface area contributed by atoms with Gasteiger partial charge in [0, 0.05) is 29.6 Å². The molecule has 13 heteroatoms. The Hall–Kier alpha value is -3.96. The average molecular weight is 459 g/mol. The lowest BCUT2D eigenvalue weighted by molar-refractivity contribution is -0.143. The number of azide groups is 1. The zero-order valence-electron chi connectivity index (χ0n) is 17.7. The molecule has 0 amide bonds. The third-order valence-electron chi connectivity index (χ3n) is 4.88. The first-order chi connectivity index (χ1) is 15.8. The lowest BCUT2D eigenvalue weighted by Crippen LogP contribution is -2.39. The highest BCUT2D eigenvalue weighted by atomic mass is 16.4. The van der Waals surface area contributed by atoms with Crippen molar-refractivity contribution < 1.29 is 29.7 Å². The third-order valence-corrected chi connectivity index (χ3v) is 4.88. The van der Waals surface area contributed by atoms with Crippen molar-refractivity contribution in [2.24, 2.45) is 5.11 Å². The van der Waals surface area contributed by atoms with E-state index in [9.17, 15) is 24.6 Å². The highest BCUT2D eigenvalue weighted by Gasteiger charge is 2.24. The van der Waals surface area contributed by atoms with E-state index in [1.165, 1.54) is 6.20 Å². The number of aliphatic carboxylic acids is 3. The van der Waals surface area contributed by atoms with Crippen LogP contribution >= 0.6 is 0 Å². The number of aryl methyl sites for hydroxylation is 1. The van der Waals surface area contributed by atoms with E-state index in [0.29, 0.717) is 12.2 Å². The van der Waals surface area contributed by atoms with E-state index in [4.69, 9.17) is 10.6 Å². The van der Waals surface area contributed by atoms with Gasteiger partial charge in [0.2, 0.25) is 0 Å². The molecule has 2 unspecified atom stereocenters. The molecule has 176 valence electrons. The number of benzene rings is 1. The van der Waals surface area contributed by atoms with Crippen molar-refractivity contribution in [3.05, 3.63) is 52.2 Å². The quantitative estimate of drug-likeness (QED) is 0.133. The Morgan fingerprint density at radius 1 is 1.12 bits per heavy atom. The van der Waals surface area contributed by atoms with Crippen molar-refractivity contribution in [1.82, 2.24) is 20.3 Å². The van der Waals surface area contributed by atoms with Crippen molar-refractivity contribution >= 4 is 23.6 Å². The number of hydrogen-bond acceptors (Lipinski definition) is 7. The zero-order chi connectivity index (χ0) is 24.2. The lowest BCUT2D eigenvalue weighted by Gasteiger charge is -2.13. The molecule has 0 radical (unpaired) electrons. The zero-order valence-corrected chi connectivity index (χ0v) is 17.7. The first-order valence-electron chi connectivity index (χ1n) is 10.3. The fraction of sp³-hybridized carbons (Fsp3) is 0.450. The molecular formula is C20H25N7O6. The number of hydrogen-bond donors (Lipinski definition) is 4. The molecule has 0 aliphatic heterocycles. The van der Waals surface area contributed by atoms with Crippen molar-refractivity contribution in [2.75, 3.05) is 6.54 Å². The predicted molar refractivity (Wildman–Crippen MR) is 115 cm³/mol. The highest BCUT2D eigenvalue weighted by molar-refractivity contribution is 5.74. The minimum atomic E-state index is -1.24. The van der Waals surface area contributed by atoms with E-state index in [1.54, 1.807) is 12.1 Å². The number of rotatable bonds is 15. The van der Waals surface area contributed by atoms with Crippen LogP contribution in [0.3, 0.4) is 0 Å². The number of aromatic nitrogens is 3. The molecule has 1 aromatic heterocycles. The maximum Gasteiger partial charge on any atom is 0.328 e. The van der Waals surface area contributed by atoms with E-state index in [-0.39, 0.29) is 25.0 Å². The molecule has 1 heterocycles. The Kier molecular flexibility index (Phi) is 9.80. The molecular weight excluding hydrogens is 434 g/mol. The normalized spacial score (nSPS) is 12.5. The van der Waals surface area contributed by atoms with E-state index in [1.807, 2.05) is 12.1 Å². The number of carboxylic acids is 3. The maximum absolute atomic E-state index is 11.6. The van der Waals surface area contributed by atoms with E-state index in [2.05, 4.69) is 25.7 Å². The Morgan fingerprint density at radius 3 is 2.45 bits per heavy atom. The van der Waals surface area contributed by atoms with Gasteiger partial charge in [-0.05, 0) is 43.3 Å². The largest absolute Gasteiger partial charge is 0.481 e. The number of nitrogens with zero attached hydrogens (tertiary/aromatic N) is 6. The van der Waals surface area contributed by atoms with Gasteiger partial charge < -0.3 is 20.6 Å². The van der Waals surface area contributed by atoms with Crippen LogP contribution in [0.5, 0.6) is 0 Å². The molecule has 0 saturated heterocycles. The molecule has 1 aromatic carbocycles. The summed E-state index contributed by atoms with van der Waals surface area (Å²) in [6.07, 6.45) is 3.16. The summed E-state index contributed by atoms with van der Waals surface area (Å²) in [4.78, 5) is 36.4. The van der Waals surface area contributed by atoms with Gasteiger partial charge in [0.15, 0.2) is 6.04 Å². The second-order valence-electron chi connectivity index (χ2n) is 7.34. The number of nitrogens with one attached hydrogen (secondary N) is 1. The van der Waals surface area contributed by atoms with Gasteiger partial charge in [-0.25, -0.2) is 9.48 Å². The second-order valence-corrected chi connectivity index (χ2v) is 7.34. The molecule has 0 bridgehead atoms. The van der Waals surface area contributed by atoms with Crippen molar-refractivity contribution in [1.29, 1.82) is 0 Å². The molecule has 0 spiro atoms. The number of carbonyl (C=O) groups is 3. The molecule has 0 aliphatic carbocycles. The number of carboxylic acid groups (broad SMARTS) is 3. The smallest absolute Gasteiger partial charge is 0.328 e. The summed E-state index contributed by atoms with van der Waals surface area (Å²) in [6, 6.07) is 5.10. The standard InChI is InChI=1S/C20H25N7O6/c21-25-23-14-6-4-13(5-7-14)3-1-2-10-22-16(19(30)31)11-15-12-27(26-24-15)17(20(32)33)8-9-18(28)29/h4-7,12,16-17,22H,1-3,8-11H2,(H,28,29)(H,30,31)(H,32,33). The Labute approximate surface area is 188 Å². The topological polar surface area (TPSA) is 203 Å². The van der Waals surface area contributed by atoms with Gasteiger partial charge in [0.05, 0.1) is 5.69 Å². The molecule has 0 fully saturated rings. The van der Waals surface area contributed by atoms with Crippen LogP contribution in [-0.4, -0.2) is 60.8 Å². The summed E-state index contributed by atoms with van der Waals surface area (Å²) >= 11 is 0. The first kappa shape index (κ1) is 25.3. The molecule has 2 rings (SSSR count). The second kappa shape index (κ2) is 12.8. The molecule has 2 atom stereocenters. The first-order valence-corrected chi connectivity index (χ1v) is 10.3. The van der Waals surface area contributed by atoms with Gasteiger partial charge in [0.25, 0.3) is 0 Å². The fourth-order valence-corrected chi connectivity index (χ4v) is 3.16. The maximum atomic E-state index is 11.6. The van der Waals surface area contributed by atoms with Crippen molar-refractivity contribution in [3.8, 4) is 0 Å². The van der Waals surface area contributed by atoms with E-state index in [0.717, 1.165) is 29.5 Å². The monoisotopic (exact) mass is 459 g/mol. The molecule has 2 aromatic rings. The number of unbranched alkanes of at least 4 members (excludes halogenated alkanes) is 1. The highest BCUT2D eigenvalue weighted by Crippen LogP contribution is 2.15. The molecule has 33 heavy (non-hydrogen) atoms. The van der Waals surface area contributed by atoms with Gasteiger partial charge in [-0.1, -0.05) is 34.6 Å². The Morgan fingerprint density at radius 2 is 1.85 bits per heavy atom. The summed E-state index contributed by atoms with van der Waals surface area (Å²) in [5.41, 5.74) is 10.3. The van der Waals surface area contributed by atoms with Gasteiger partial charge in [-0.3, -0.25) is 9.59 Å². The SMILES string of the molecule is [N-]=[N+]=Nc1ccc(CCCCNC(Cc2cn(C(CCC(=O)O)C(=O)O)nn2)C(=O)O)cc1. The minimum Gasteiger partial charge on any atom is -0.481 e. The predicted octanol–water partition coefficient (Wildman–Crippen LogP) is 2.32. The van der Waals surface area contributed by atoms with Crippen LogP contribution in [0, 0.1) is 0 Å². The summed E-state index contributed by atoms with van der Waals surface area (Å²) < 4.78 is 1.05. The van der Waals surface area contributed by atoms with E-state index >= 15 is 0 Å². The molecule has 0 saturated carbocycles. The third kappa shape index (κ3) is 8.59. The van der Waals surface area contributed by atoms with Crippen LogP contribution in [0.2, 0.25) is 0 Å². The lowest BCUT2D eigenvalue weighted by atomic mass is 10.1. The summed E-state index contributed by atoms with van der Waals surface area (Å²) in [5.74, 6) is -3.44.